The van der Waals surface area contributed by atoms with Crippen molar-refractivity contribution >= 4 is 28.4 Å². The van der Waals surface area contributed by atoms with Gasteiger partial charge in [-0.2, -0.15) is 0 Å². The van der Waals surface area contributed by atoms with Gasteiger partial charge in [-0.05, 0) is 35.9 Å². The van der Waals surface area contributed by atoms with E-state index in [4.69, 9.17) is 0 Å². The van der Waals surface area contributed by atoms with Crippen LogP contribution in [-0.2, 0) is 5.75 Å². The van der Waals surface area contributed by atoms with E-state index < -0.39 is 4.92 Å². The zero-order valence-corrected chi connectivity index (χ0v) is 15.0. The maximum absolute atomic E-state index is 13.1. The molecule has 6 heteroatoms. The average Bonchev–Trinajstić information content (AvgIpc) is 3.06. The molecule has 0 aliphatic heterocycles. The normalized spacial score (nSPS) is 11.0. The Bertz CT molecular complexity index is 1110. The number of nitro benzene ring substituents is 1. The van der Waals surface area contributed by atoms with E-state index in [1.807, 2.05) is 29.0 Å². The van der Waals surface area contributed by atoms with Gasteiger partial charge < -0.3 is 4.57 Å². The Kier molecular flexibility index (Phi) is 4.64. The summed E-state index contributed by atoms with van der Waals surface area (Å²) in [4.78, 5) is 11.6. The minimum absolute atomic E-state index is 0.0705. The molecular weight excluding hydrogens is 363 g/mol. The second-order valence-corrected chi connectivity index (χ2v) is 7.09. The van der Waals surface area contributed by atoms with Gasteiger partial charge in [0.25, 0.3) is 5.69 Å². The van der Waals surface area contributed by atoms with E-state index in [0.29, 0.717) is 0 Å². The van der Waals surface area contributed by atoms with E-state index in [0.717, 1.165) is 32.8 Å². The Morgan fingerprint density at radius 1 is 0.963 bits per heavy atom. The van der Waals surface area contributed by atoms with E-state index in [2.05, 4.69) is 6.07 Å². The number of nitrogens with zero attached hydrogens (tertiary/aromatic N) is 2. The lowest BCUT2D eigenvalue weighted by Gasteiger charge is -2.04. The van der Waals surface area contributed by atoms with Gasteiger partial charge in [0.15, 0.2) is 0 Å². The number of benzene rings is 3. The molecule has 0 spiro atoms. The molecule has 0 saturated heterocycles. The Labute approximate surface area is 159 Å². The van der Waals surface area contributed by atoms with E-state index in [1.165, 1.54) is 24.3 Å². The maximum atomic E-state index is 13.1. The van der Waals surface area contributed by atoms with Gasteiger partial charge in [0.1, 0.15) is 5.82 Å². The Hall–Kier alpha value is -3.12. The molecule has 3 aromatic carbocycles. The number of rotatable bonds is 5. The van der Waals surface area contributed by atoms with Crippen molar-refractivity contribution in [2.75, 3.05) is 0 Å². The topological polar surface area (TPSA) is 48.1 Å². The predicted molar refractivity (Wildman–Crippen MR) is 106 cm³/mol. The fourth-order valence-electron chi connectivity index (χ4n) is 2.95. The minimum Gasteiger partial charge on any atom is -0.315 e. The van der Waals surface area contributed by atoms with Crippen molar-refractivity contribution in [3.63, 3.8) is 0 Å². The molecule has 0 amide bonds. The van der Waals surface area contributed by atoms with Gasteiger partial charge in [0.05, 0.1) is 10.4 Å². The predicted octanol–water partition coefficient (Wildman–Crippen LogP) is 5.97. The number of fused-ring (bicyclic) bond motifs is 1. The van der Waals surface area contributed by atoms with Crippen LogP contribution < -0.4 is 0 Å². The molecule has 27 heavy (non-hydrogen) atoms. The average molecular weight is 378 g/mol. The maximum Gasteiger partial charge on any atom is 0.269 e. The number of thioether (sulfide) groups is 1. The minimum atomic E-state index is -0.401. The van der Waals surface area contributed by atoms with Crippen LogP contribution in [0.4, 0.5) is 10.1 Å². The monoisotopic (exact) mass is 378 g/mol. The fraction of sp³-hybridized carbons (Fsp3) is 0.0476. The largest absolute Gasteiger partial charge is 0.315 e. The number of hydrogen-bond donors (Lipinski definition) is 0. The van der Waals surface area contributed by atoms with Gasteiger partial charge in [-0.1, -0.05) is 30.3 Å². The number of nitro groups is 1. The lowest BCUT2D eigenvalue weighted by atomic mass is 10.2. The van der Waals surface area contributed by atoms with Gasteiger partial charge >= 0.3 is 0 Å². The number of hydrogen-bond acceptors (Lipinski definition) is 3. The van der Waals surface area contributed by atoms with Crippen LogP contribution in [0.5, 0.6) is 0 Å². The molecule has 134 valence electrons. The molecule has 0 saturated carbocycles. The van der Waals surface area contributed by atoms with Gasteiger partial charge in [-0.25, -0.2) is 4.39 Å². The molecule has 0 fully saturated rings. The van der Waals surface area contributed by atoms with Gasteiger partial charge in [-0.3, -0.25) is 10.1 Å². The molecule has 1 aromatic heterocycles. The van der Waals surface area contributed by atoms with Crippen LogP contribution in [0.3, 0.4) is 0 Å². The van der Waals surface area contributed by atoms with Crippen LogP contribution in [0.15, 0.2) is 83.9 Å². The highest BCUT2D eigenvalue weighted by Gasteiger charge is 2.12. The summed E-state index contributed by atoms with van der Waals surface area (Å²) in [5.74, 6) is 0.493. The molecular formula is C21H15FN2O2S. The van der Waals surface area contributed by atoms with Crippen molar-refractivity contribution in [2.45, 2.75) is 10.6 Å². The summed E-state index contributed by atoms with van der Waals surface area (Å²) in [5.41, 5.74) is 3.02. The van der Waals surface area contributed by atoms with Crippen LogP contribution >= 0.6 is 11.8 Å². The lowest BCUT2D eigenvalue weighted by molar-refractivity contribution is -0.384. The van der Waals surface area contributed by atoms with Gasteiger partial charge in [0.2, 0.25) is 0 Å². The van der Waals surface area contributed by atoms with Crippen molar-refractivity contribution in [3.8, 4) is 5.69 Å². The zero-order chi connectivity index (χ0) is 18.8. The molecule has 0 radical (unpaired) electrons. The first-order chi connectivity index (χ1) is 13.1. The van der Waals surface area contributed by atoms with Crippen LogP contribution in [0.2, 0.25) is 0 Å². The highest BCUT2D eigenvalue weighted by Crippen LogP contribution is 2.34. The summed E-state index contributed by atoms with van der Waals surface area (Å²) in [6, 6.07) is 21.1. The molecule has 0 bridgehead atoms. The third-order valence-corrected chi connectivity index (χ3v) is 5.44. The van der Waals surface area contributed by atoms with Crippen LogP contribution in [0, 0.1) is 15.9 Å². The summed E-state index contributed by atoms with van der Waals surface area (Å²) < 4.78 is 15.1. The summed E-state index contributed by atoms with van der Waals surface area (Å²) in [7, 11) is 0. The highest BCUT2D eigenvalue weighted by atomic mass is 32.2. The van der Waals surface area contributed by atoms with Crippen molar-refractivity contribution < 1.29 is 9.31 Å². The Balaban J connectivity index is 1.68. The fourth-order valence-corrected chi connectivity index (χ4v) is 3.98. The molecule has 0 aliphatic carbocycles. The summed E-state index contributed by atoms with van der Waals surface area (Å²) in [5, 5.41) is 12.0. The molecule has 1 heterocycles. The highest BCUT2D eigenvalue weighted by molar-refractivity contribution is 7.98. The molecule has 0 N–H and O–H groups in total. The SMILES string of the molecule is O=[N+]([O-])c1ccc(-n2cc(SCc3ccc(F)cc3)c3ccccc32)cc1. The second-order valence-electron chi connectivity index (χ2n) is 6.07. The molecule has 4 aromatic rings. The summed E-state index contributed by atoms with van der Waals surface area (Å²) >= 11 is 1.68. The van der Waals surface area contributed by atoms with Crippen molar-refractivity contribution in [2.24, 2.45) is 0 Å². The lowest BCUT2D eigenvalue weighted by Crippen LogP contribution is -1.93. The third kappa shape index (κ3) is 3.57. The first kappa shape index (κ1) is 17.3. The molecule has 0 unspecified atom stereocenters. The first-order valence-corrected chi connectivity index (χ1v) is 9.32. The van der Waals surface area contributed by atoms with E-state index >= 15 is 0 Å². The smallest absolute Gasteiger partial charge is 0.269 e. The Morgan fingerprint density at radius 3 is 2.37 bits per heavy atom. The molecule has 4 nitrogen and oxygen atoms in total. The van der Waals surface area contributed by atoms with E-state index in [-0.39, 0.29) is 11.5 Å². The molecule has 0 atom stereocenters. The van der Waals surface area contributed by atoms with E-state index in [9.17, 15) is 14.5 Å². The van der Waals surface area contributed by atoms with Crippen molar-refractivity contribution in [3.05, 3.63) is 100 Å². The van der Waals surface area contributed by atoms with Gasteiger partial charge in [-0.15, -0.1) is 11.8 Å². The van der Waals surface area contributed by atoms with Crippen LogP contribution in [-0.4, -0.2) is 9.49 Å². The Morgan fingerprint density at radius 2 is 1.67 bits per heavy atom. The molecule has 4 rings (SSSR count). The van der Waals surface area contributed by atoms with Crippen molar-refractivity contribution in [1.82, 2.24) is 4.57 Å². The van der Waals surface area contributed by atoms with E-state index in [1.54, 1.807) is 36.0 Å². The summed E-state index contributed by atoms with van der Waals surface area (Å²) in [6.45, 7) is 0. The number of non-ortho nitro benzene ring substituents is 1. The summed E-state index contributed by atoms with van der Waals surface area (Å²) in [6.07, 6.45) is 2.04. The second kappa shape index (κ2) is 7.25. The quantitative estimate of drug-likeness (QED) is 0.244. The van der Waals surface area contributed by atoms with Gasteiger partial charge in [0, 0.05) is 40.1 Å². The van der Waals surface area contributed by atoms with Crippen molar-refractivity contribution in [1.29, 1.82) is 0 Å². The number of para-hydroxylation sites is 1. The number of halogens is 1. The van der Waals surface area contributed by atoms with Crippen LogP contribution in [0.25, 0.3) is 16.6 Å². The molecule has 0 aliphatic rings. The standard InChI is InChI=1S/C21H15FN2O2S/c22-16-7-5-15(6-8-16)14-27-21-13-23(20-4-2-1-3-19(20)21)17-9-11-18(12-10-17)24(25)26/h1-13H,14H2. The van der Waals surface area contributed by atoms with Crippen LogP contribution in [0.1, 0.15) is 5.56 Å². The third-order valence-electron chi connectivity index (χ3n) is 4.32. The first-order valence-electron chi connectivity index (χ1n) is 8.34. The number of aromatic nitrogens is 1. The zero-order valence-electron chi connectivity index (χ0n) is 14.2.